The van der Waals surface area contributed by atoms with Gasteiger partial charge in [-0.25, -0.2) is 0 Å². The van der Waals surface area contributed by atoms with E-state index in [0.717, 1.165) is 12.8 Å². The topological polar surface area (TPSA) is 63.2 Å². The van der Waals surface area contributed by atoms with Crippen LogP contribution < -0.4 is 0 Å². The van der Waals surface area contributed by atoms with Crippen LogP contribution in [0.15, 0.2) is 0 Å². The average Bonchev–Trinajstić information content (AvgIpc) is 3.20. The molecule has 6 heteroatoms. The largest absolute Gasteiger partial charge is 0.465 e. The minimum absolute atomic E-state index is 0.0202. The minimum Gasteiger partial charge on any atom is -0.465 e. The van der Waals surface area contributed by atoms with Gasteiger partial charge in [-0.1, -0.05) is 41.5 Å². The number of hydrogen-bond donors (Lipinski definition) is 0. The Hall–Kier alpha value is -0.690. The lowest BCUT2D eigenvalue weighted by Gasteiger charge is -2.56. The van der Waals surface area contributed by atoms with Crippen molar-refractivity contribution in [3.05, 3.63) is 0 Å². The van der Waals surface area contributed by atoms with Crippen molar-refractivity contribution in [1.29, 1.82) is 0 Å². The molecule has 0 amide bonds. The summed E-state index contributed by atoms with van der Waals surface area (Å²) in [4.78, 5) is 13.4. The third-order valence-corrected chi connectivity index (χ3v) is 12.6. The van der Waals surface area contributed by atoms with Crippen LogP contribution in [-0.4, -0.2) is 65.4 Å². The van der Waals surface area contributed by atoms with Gasteiger partial charge in [0.1, 0.15) is 0 Å². The van der Waals surface area contributed by atoms with Gasteiger partial charge in [-0.15, -0.1) is 0 Å². The molecule has 38 heavy (non-hydrogen) atoms. The molecular formula is C32H56O6. The predicted octanol–water partition coefficient (Wildman–Crippen LogP) is 6.01. The van der Waals surface area contributed by atoms with Crippen molar-refractivity contribution in [2.24, 2.45) is 58.2 Å². The van der Waals surface area contributed by atoms with Crippen LogP contribution in [0.4, 0.5) is 0 Å². The van der Waals surface area contributed by atoms with Crippen LogP contribution in [-0.2, 0) is 28.5 Å². The summed E-state index contributed by atoms with van der Waals surface area (Å²) in [6.45, 7) is 14.7. The fraction of sp³-hybridized carbons (Fsp3) is 0.969. The third kappa shape index (κ3) is 4.88. The maximum Gasteiger partial charge on any atom is 0.309 e. The first-order valence-corrected chi connectivity index (χ1v) is 15.3. The number of methoxy groups -OCH3 is 4. The van der Waals surface area contributed by atoms with Gasteiger partial charge in [0.05, 0.1) is 36.9 Å². The van der Waals surface area contributed by atoms with E-state index < -0.39 is 0 Å². The first-order chi connectivity index (χ1) is 18.0. The zero-order chi connectivity index (χ0) is 28.0. The molecular weight excluding hydrogens is 480 g/mol. The minimum atomic E-state index is -0.123. The van der Waals surface area contributed by atoms with Gasteiger partial charge in [-0.2, -0.15) is 0 Å². The molecule has 0 aromatic rings. The number of rotatable bonds is 9. The lowest BCUT2D eigenvalue weighted by atomic mass is 9.48. The quantitative estimate of drug-likeness (QED) is 0.337. The van der Waals surface area contributed by atoms with E-state index in [2.05, 4.69) is 41.5 Å². The van der Waals surface area contributed by atoms with Crippen molar-refractivity contribution in [3.63, 3.8) is 0 Å². The molecule has 4 fully saturated rings. The molecule has 3 saturated carbocycles. The zero-order valence-electron chi connectivity index (χ0n) is 25.8. The van der Waals surface area contributed by atoms with Crippen LogP contribution in [0.1, 0.15) is 80.1 Å². The molecule has 0 radical (unpaired) electrons. The van der Waals surface area contributed by atoms with Crippen LogP contribution in [0.3, 0.4) is 0 Å². The van der Waals surface area contributed by atoms with Crippen molar-refractivity contribution in [2.45, 2.75) is 104 Å². The molecule has 0 aromatic carbocycles. The van der Waals surface area contributed by atoms with Crippen LogP contribution in [0.2, 0.25) is 0 Å². The van der Waals surface area contributed by atoms with Gasteiger partial charge in [0.2, 0.25) is 0 Å². The molecule has 3 aliphatic carbocycles. The molecule has 1 heterocycles. The standard InChI is InChI=1S/C32H56O6/c1-18(2)19(3)28(36-9)29(37-10)20(4)22-11-12-23-21-17-38-30(33)25-15-26(34-7)27(35-8)16-32(25,6)24(21)13-14-31(22,23)5/h18-29H,11-17H2,1-10H3/t19-,20-,21-,22+,23-,24-,25?,26-,27+,28+,29+,31+,32+/m0/s1. The number of cyclic esters (lactones) is 1. The molecule has 1 unspecified atom stereocenters. The molecule has 6 nitrogen and oxygen atoms in total. The summed E-state index contributed by atoms with van der Waals surface area (Å²) in [5.41, 5.74) is 0.0889. The second-order valence-electron chi connectivity index (χ2n) is 14.1. The maximum atomic E-state index is 13.4. The summed E-state index contributed by atoms with van der Waals surface area (Å²) in [5, 5.41) is 0. The smallest absolute Gasteiger partial charge is 0.309 e. The Labute approximate surface area is 232 Å². The van der Waals surface area contributed by atoms with Gasteiger partial charge in [0.15, 0.2) is 0 Å². The first-order valence-electron chi connectivity index (χ1n) is 15.3. The van der Waals surface area contributed by atoms with E-state index in [1.165, 1.54) is 19.3 Å². The molecule has 13 atom stereocenters. The third-order valence-electron chi connectivity index (χ3n) is 12.6. The highest BCUT2D eigenvalue weighted by Gasteiger charge is 2.63. The van der Waals surface area contributed by atoms with Crippen molar-refractivity contribution in [2.75, 3.05) is 35.0 Å². The Bertz CT molecular complexity index is 816. The normalized spacial score (nSPS) is 44.3. The van der Waals surface area contributed by atoms with Gasteiger partial charge in [0.25, 0.3) is 0 Å². The van der Waals surface area contributed by atoms with Crippen LogP contribution in [0.25, 0.3) is 0 Å². The Kier molecular flexibility index (Phi) is 9.29. The Morgan fingerprint density at radius 1 is 0.842 bits per heavy atom. The summed E-state index contributed by atoms with van der Waals surface area (Å²) in [5.74, 6) is 3.19. The van der Waals surface area contributed by atoms with Gasteiger partial charge in [0, 0.05) is 28.4 Å². The van der Waals surface area contributed by atoms with E-state index in [9.17, 15) is 4.79 Å². The second kappa shape index (κ2) is 11.7. The molecule has 4 aliphatic rings. The van der Waals surface area contributed by atoms with Gasteiger partial charge in [-0.05, 0) is 90.8 Å². The van der Waals surface area contributed by atoms with E-state index >= 15 is 0 Å². The molecule has 0 N–H and O–H groups in total. The number of carbonyl (C=O) groups excluding carboxylic acids is 1. The number of hydrogen-bond acceptors (Lipinski definition) is 6. The van der Waals surface area contributed by atoms with Crippen LogP contribution in [0.5, 0.6) is 0 Å². The van der Waals surface area contributed by atoms with Crippen molar-refractivity contribution in [1.82, 2.24) is 0 Å². The summed E-state index contributed by atoms with van der Waals surface area (Å²) < 4.78 is 30.1. The van der Waals surface area contributed by atoms with E-state index in [0.29, 0.717) is 54.5 Å². The Morgan fingerprint density at radius 2 is 1.47 bits per heavy atom. The maximum absolute atomic E-state index is 13.4. The van der Waals surface area contributed by atoms with Crippen LogP contribution in [0, 0.1) is 58.2 Å². The fourth-order valence-electron chi connectivity index (χ4n) is 10.0. The van der Waals surface area contributed by atoms with Crippen LogP contribution >= 0.6 is 0 Å². The first kappa shape index (κ1) is 30.3. The predicted molar refractivity (Wildman–Crippen MR) is 149 cm³/mol. The molecule has 4 rings (SSSR count). The number of fused-ring (bicyclic) bond motifs is 5. The molecule has 1 saturated heterocycles. The van der Waals surface area contributed by atoms with E-state index in [4.69, 9.17) is 23.7 Å². The molecule has 1 aliphatic heterocycles. The zero-order valence-corrected chi connectivity index (χ0v) is 25.8. The van der Waals surface area contributed by atoms with E-state index in [-0.39, 0.29) is 47.1 Å². The van der Waals surface area contributed by atoms with Gasteiger partial charge in [-0.3, -0.25) is 4.79 Å². The van der Waals surface area contributed by atoms with Crippen molar-refractivity contribution in [3.8, 4) is 0 Å². The highest BCUT2D eigenvalue weighted by atomic mass is 16.5. The Morgan fingerprint density at radius 3 is 2.05 bits per heavy atom. The number of carbonyl (C=O) groups is 1. The summed E-state index contributed by atoms with van der Waals surface area (Å²) >= 11 is 0. The van der Waals surface area contributed by atoms with Crippen molar-refractivity contribution >= 4 is 5.97 Å². The lowest BCUT2D eigenvalue weighted by Crippen LogP contribution is -2.55. The highest BCUT2D eigenvalue weighted by molar-refractivity contribution is 5.74. The highest BCUT2D eigenvalue weighted by Crippen LogP contribution is 2.66. The number of esters is 1. The summed E-state index contributed by atoms with van der Waals surface area (Å²) in [7, 11) is 7.22. The molecule has 0 spiro atoms. The van der Waals surface area contributed by atoms with E-state index in [1.807, 2.05) is 14.2 Å². The Balaban J connectivity index is 1.60. The van der Waals surface area contributed by atoms with Gasteiger partial charge >= 0.3 is 5.97 Å². The second-order valence-corrected chi connectivity index (χ2v) is 14.1. The monoisotopic (exact) mass is 536 g/mol. The van der Waals surface area contributed by atoms with Gasteiger partial charge < -0.3 is 23.7 Å². The van der Waals surface area contributed by atoms with E-state index in [1.54, 1.807) is 14.2 Å². The summed E-state index contributed by atoms with van der Waals surface area (Å²) in [6, 6.07) is 0. The lowest BCUT2D eigenvalue weighted by molar-refractivity contribution is -0.167. The fourth-order valence-corrected chi connectivity index (χ4v) is 10.0. The number of ether oxygens (including phenoxy) is 5. The molecule has 0 bridgehead atoms. The summed E-state index contributed by atoms with van der Waals surface area (Å²) in [6.07, 6.45) is 6.42. The SMILES string of the molecule is CO[C@H]([C@@H](C)[C@H]1CC[C@H]2[C@@H]3COC(=O)C4C[C@H](OC)[C@H](OC)C[C@]4(C)[C@H]3CC[C@]12C)[C@H](OC)[C@@H](C)C(C)C. The van der Waals surface area contributed by atoms with Crippen molar-refractivity contribution < 1.29 is 28.5 Å². The molecule has 0 aromatic heterocycles. The molecule has 220 valence electrons. The average molecular weight is 537 g/mol.